The fourth-order valence-corrected chi connectivity index (χ4v) is 5.14. The lowest BCUT2D eigenvalue weighted by atomic mass is 9.69. The molecule has 0 N–H and O–H groups in total. The second-order valence-electron chi connectivity index (χ2n) is 8.75. The third-order valence-corrected chi connectivity index (χ3v) is 6.97. The first-order valence-electron chi connectivity index (χ1n) is 11.2. The van der Waals surface area contributed by atoms with Crippen LogP contribution >= 0.6 is 0 Å². The summed E-state index contributed by atoms with van der Waals surface area (Å²) in [5.41, 5.74) is 0.130. The van der Waals surface area contributed by atoms with Crippen molar-refractivity contribution in [2.24, 2.45) is 23.7 Å². The minimum Gasteiger partial charge on any atom is -0.494 e. The normalized spacial score (nSPS) is 27.7. The molecular weight excluding hydrogens is 354 g/mol. The van der Waals surface area contributed by atoms with Gasteiger partial charge >= 0.3 is 0 Å². The Bertz CT molecular complexity index is 686. The number of methoxy groups -OCH3 is 1. The van der Waals surface area contributed by atoms with Crippen LogP contribution in [0.15, 0.2) is 12.1 Å². The first-order valence-corrected chi connectivity index (χ1v) is 11.2. The van der Waals surface area contributed by atoms with Crippen LogP contribution in [-0.4, -0.2) is 7.11 Å². The van der Waals surface area contributed by atoms with E-state index in [1.807, 2.05) is 0 Å². The lowest BCUT2D eigenvalue weighted by Gasteiger charge is -2.37. The number of hydrogen-bond acceptors (Lipinski definition) is 1. The second kappa shape index (κ2) is 10.3. The molecule has 2 saturated carbocycles. The van der Waals surface area contributed by atoms with Crippen LogP contribution in [0.3, 0.4) is 0 Å². The van der Waals surface area contributed by atoms with E-state index >= 15 is 0 Å². The Morgan fingerprint density at radius 1 is 0.929 bits per heavy atom. The van der Waals surface area contributed by atoms with Gasteiger partial charge in [-0.15, -0.1) is 0 Å². The second-order valence-corrected chi connectivity index (χ2v) is 8.75. The zero-order chi connectivity index (χ0) is 19.9. The fraction of sp³-hybridized carbons (Fsp3) is 0.680. The van der Waals surface area contributed by atoms with Crippen molar-refractivity contribution in [2.75, 3.05) is 7.11 Å². The summed E-state index contributed by atoms with van der Waals surface area (Å²) in [6, 6.07) is 2.95. The molecule has 0 aliphatic heterocycles. The van der Waals surface area contributed by atoms with Gasteiger partial charge in [0.25, 0.3) is 0 Å². The van der Waals surface area contributed by atoms with Crippen LogP contribution in [0.25, 0.3) is 0 Å². The number of hydrogen-bond donors (Lipinski definition) is 0. The lowest BCUT2D eigenvalue weighted by molar-refractivity contribution is 0.153. The number of rotatable bonds is 5. The van der Waals surface area contributed by atoms with E-state index in [4.69, 9.17) is 4.74 Å². The summed E-state index contributed by atoms with van der Waals surface area (Å²) >= 11 is 0. The predicted molar refractivity (Wildman–Crippen MR) is 110 cm³/mol. The topological polar surface area (TPSA) is 9.23 Å². The quantitative estimate of drug-likeness (QED) is 0.488. The summed E-state index contributed by atoms with van der Waals surface area (Å²) in [6.07, 6.45) is 14.5. The Morgan fingerprint density at radius 2 is 1.57 bits per heavy atom. The molecule has 3 rings (SSSR count). The van der Waals surface area contributed by atoms with Gasteiger partial charge < -0.3 is 4.74 Å². The molecule has 0 saturated heterocycles. The standard InChI is InChI=1S/C25H34F2O/c1-3-4-5-18-6-11-20(12-7-18)21-13-8-19(9-14-21)10-15-22-16-17-23(28-2)25(27)24(22)26/h16-21H,3-9,11-14H2,1-2H3/t18-,19-,20-,21-. The Labute approximate surface area is 169 Å². The predicted octanol–water partition coefficient (Wildman–Crippen LogP) is 7.13. The highest BCUT2D eigenvalue weighted by Gasteiger charge is 2.30. The van der Waals surface area contributed by atoms with Crippen LogP contribution in [0.2, 0.25) is 0 Å². The van der Waals surface area contributed by atoms with Crippen molar-refractivity contribution in [1.29, 1.82) is 0 Å². The molecule has 0 radical (unpaired) electrons. The first-order chi connectivity index (χ1) is 13.6. The van der Waals surface area contributed by atoms with Gasteiger partial charge in [-0.3, -0.25) is 0 Å². The Kier molecular flexibility index (Phi) is 7.77. The average molecular weight is 389 g/mol. The maximum absolute atomic E-state index is 14.1. The van der Waals surface area contributed by atoms with Crippen LogP contribution in [0.1, 0.15) is 83.1 Å². The summed E-state index contributed by atoms with van der Waals surface area (Å²) in [6.45, 7) is 2.28. The van der Waals surface area contributed by atoms with Gasteiger partial charge in [0.1, 0.15) is 0 Å². The number of benzene rings is 1. The third kappa shape index (κ3) is 5.28. The summed E-state index contributed by atoms with van der Waals surface area (Å²) in [4.78, 5) is 0. The third-order valence-electron chi connectivity index (χ3n) is 6.97. The van der Waals surface area contributed by atoms with E-state index in [0.29, 0.717) is 5.92 Å². The smallest absolute Gasteiger partial charge is 0.201 e. The maximum atomic E-state index is 14.1. The number of ether oxygens (including phenoxy) is 1. The van der Waals surface area contributed by atoms with Crippen molar-refractivity contribution >= 4 is 0 Å². The van der Waals surface area contributed by atoms with Crippen LogP contribution in [0, 0.1) is 47.1 Å². The molecule has 28 heavy (non-hydrogen) atoms. The van der Waals surface area contributed by atoms with Gasteiger partial charge in [-0.05, 0) is 68.4 Å². The molecule has 0 heterocycles. The molecular formula is C25H34F2O. The molecule has 0 bridgehead atoms. The van der Waals surface area contributed by atoms with Crippen LogP contribution in [0.4, 0.5) is 8.78 Å². The summed E-state index contributed by atoms with van der Waals surface area (Å²) in [5, 5.41) is 0. The Balaban J connectivity index is 1.48. The SMILES string of the molecule is CCCC[C@H]1CC[C@H]([C@H]2CC[C@H](C#Cc3ccc(OC)c(F)c3F)CC2)CC1. The molecule has 3 heteroatoms. The summed E-state index contributed by atoms with van der Waals surface area (Å²) in [7, 11) is 1.33. The highest BCUT2D eigenvalue weighted by Crippen LogP contribution is 2.42. The molecule has 0 amide bonds. The average Bonchev–Trinajstić information content (AvgIpc) is 2.74. The molecule has 1 aromatic carbocycles. The van der Waals surface area contributed by atoms with Gasteiger partial charge in [-0.2, -0.15) is 4.39 Å². The molecule has 1 nitrogen and oxygen atoms in total. The van der Waals surface area contributed by atoms with Crippen LogP contribution < -0.4 is 4.74 Å². The zero-order valence-corrected chi connectivity index (χ0v) is 17.4. The fourth-order valence-electron chi connectivity index (χ4n) is 5.14. The Morgan fingerprint density at radius 3 is 2.18 bits per heavy atom. The molecule has 0 atom stereocenters. The monoisotopic (exact) mass is 388 g/mol. The van der Waals surface area contributed by atoms with E-state index < -0.39 is 11.6 Å². The maximum Gasteiger partial charge on any atom is 0.201 e. The van der Waals surface area contributed by atoms with E-state index in [1.54, 1.807) is 0 Å². The van der Waals surface area contributed by atoms with Crippen LogP contribution in [-0.2, 0) is 0 Å². The molecule has 0 aromatic heterocycles. The molecule has 2 fully saturated rings. The minimum atomic E-state index is -0.951. The van der Waals surface area contributed by atoms with E-state index in [1.165, 1.54) is 77.0 Å². The van der Waals surface area contributed by atoms with E-state index in [-0.39, 0.29) is 11.3 Å². The zero-order valence-electron chi connectivity index (χ0n) is 17.4. The van der Waals surface area contributed by atoms with E-state index in [0.717, 1.165) is 30.6 Å². The largest absolute Gasteiger partial charge is 0.494 e. The number of halogens is 2. The molecule has 0 unspecified atom stereocenters. The minimum absolute atomic E-state index is 0.0760. The van der Waals surface area contributed by atoms with Gasteiger partial charge in [0.05, 0.1) is 12.7 Å². The van der Waals surface area contributed by atoms with Crippen molar-refractivity contribution in [3.8, 4) is 17.6 Å². The van der Waals surface area contributed by atoms with Crippen molar-refractivity contribution in [2.45, 2.75) is 77.6 Å². The summed E-state index contributed by atoms with van der Waals surface area (Å²) in [5.74, 6) is 7.17. The van der Waals surface area contributed by atoms with Gasteiger partial charge in [-0.25, -0.2) is 4.39 Å². The Hall–Kier alpha value is -1.56. The van der Waals surface area contributed by atoms with Crippen molar-refractivity contribution < 1.29 is 13.5 Å². The lowest BCUT2D eigenvalue weighted by Crippen LogP contribution is -2.25. The van der Waals surface area contributed by atoms with Gasteiger partial charge in [0.15, 0.2) is 11.6 Å². The highest BCUT2D eigenvalue weighted by atomic mass is 19.2. The first kappa shape index (κ1) is 21.2. The molecule has 2 aliphatic carbocycles. The van der Waals surface area contributed by atoms with Crippen molar-refractivity contribution in [3.05, 3.63) is 29.3 Å². The van der Waals surface area contributed by atoms with E-state index in [9.17, 15) is 8.78 Å². The van der Waals surface area contributed by atoms with Crippen molar-refractivity contribution in [1.82, 2.24) is 0 Å². The van der Waals surface area contributed by atoms with Crippen LogP contribution in [0.5, 0.6) is 5.75 Å². The van der Waals surface area contributed by atoms with E-state index in [2.05, 4.69) is 18.8 Å². The summed E-state index contributed by atoms with van der Waals surface area (Å²) < 4.78 is 32.7. The molecule has 0 spiro atoms. The van der Waals surface area contributed by atoms with Crippen molar-refractivity contribution in [3.63, 3.8) is 0 Å². The van der Waals surface area contributed by atoms with Gasteiger partial charge in [0.2, 0.25) is 5.82 Å². The molecule has 1 aromatic rings. The molecule has 154 valence electrons. The molecule has 2 aliphatic rings. The van der Waals surface area contributed by atoms with Gasteiger partial charge in [0, 0.05) is 5.92 Å². The van der Waals surface area contributed by atoms with Gasteiger partial charge in [-0.1, -0.05) is 50.9 Å². The number of unbranched alkanes of at least 4 members (excludes halogenated alkanes) is 1. The highest BCUT2D eigenvalue weighted by molar-refractivity contribution is 5.41.